The van der Waals surface area contributed by atoms with Crippen molar-refractivity contribution < 1.29 is 9.52 Å². The number of nitrogens with one attached hydrogen (secondary N) is 1. The zero-order valence-electron chi connectivity index (χ0n) is 9.19. The molecule has 0 unspecified atom stereocenters. The van der Waals surface area contributed by atoms with Crippen LogP contribution in [0.4, 0.5) is 0 Å². The molecule has 1 aromatic carbocycles. The van der Waals surface area contributed by atoms with Crippen LogP contribution >= 0.6 is 0 Å². The molecule has 2 rings (SSSR count). The summed E-state index contributed by atoms with van der Waals surface area (Å²) in [7, 11) is 1.81. The summed E-state index contributed by atoms with van der Waals surface area (Å²) >= 11 is 0. The lowest BCUT2D eigenvalue weighted by atomic mass is 10.1. The zero-order chi connectivity index (χ0) is 11.5. The number of phenols is 1. The minimum absolute atomic E-state index is 0.228. The number of aromatic hydroxyl groups is 1. The minimum Gasteiger partial charge on any atom is -0.508 e. The van der Waals surface area contributed by atoms with Crippen LogP contribution in [0.5, 0.6) is 5.75 Å². The first kappa shape index (κ1) is 10.6. The van der Waals surface area contributed by atoms with E-state index < -0.39 is 0 Å². The van der Waals surface area contributed by atoms with Crippen molar-refractivity contribution in [3.05, 3.63) is 29.7 Å². The van der Waals surface area contributed by atoms with E-state index in [1.807, 2.05) is 20.0 Å². The highest BCUT2D eigenvalue weighted by Crippen LogP contribution is 2.27. The number of benzene rings is 1. The highest BCUT2D eigenvalue weighted by molar-refractivity contribution is 5.61. The first-order valence-electron chi connectivity index (χ1n) is 4.98. The second kappa shape index (κ2) is 4.32. The molecular weight excluding hydrogens is 206 g/mol. The molecule has 0 aliphatic heterocycles. The van der Waals surface area contributed by atoms with Crippen LogP contribution in [0.1, 0.15) is 11.5 Å². The van der Waals surface area contributed by atoms with Crippen LogP contribution in [0.3, 0.4) is 0 Å². The summed E-state index contributed by atoms with van der Waals surface area (Å²) in [6, 6.07) is 5.22. The van der Waals surface area contributed by atoms with E-state index in [1.165, 1.54) is 0 Å². The molecule has 1 heterocycles. The Morgan fingerprint density at radius 3 is 2.94 bits per heavy atom. The van der Waals surface area contributed by atoms with Crippen molar-refractivity contribution in [3.8, 4) is 17.2 Å². The Hall–Kier alpha value is -1.88. The Bertz CT molecular complexity index is 494. The molecule has 0 radical (unpaired) electrons. The molecule has 1 aromatic heterocycles. The van der Waals surface area contributed by atoms with Crippen LogP contribution in [0.2, 0.25) is 0 Å². The van der Waals surface area contributed by atoms with Gasteiger partial charge in [-0.05, 0) is 26.1 Å². The molecule has 0 fully saturated rings. The molecule has 2 N–H and O–H groups in total. The third kappa shape index (κ3) is 1.90. The number of nitrogens with zero attached hydrogens (tertiary/aromatic N) is 2. The maximum absolute atomic E-state index is 9.57. The van der Waals surface area contributed by atoms with Gasteiger partial charge in [-0.15, -0.1) is 10.2 Å². The molecule has 5 nitrogen and oxygen atoms in total. The molecule has 2 aromatic rings. The number of hydrogen-bond donors (Lipinski definition) is 2. The van der Waals surface area contributed by atoms with Gasteiger partial charge in [-0.1, -0.05) is 6.07 Å². The molecule has 0 aliphatic carbocycles. The van der Waals surface area contributed by atoms with E-state index >= 15 is 0 Å². The van der Waals surface area contributed by atoms with Crippen molar-refractivity contribution in [2.24, 2.45) is 0 Å². The van der Waals surface area contributed by atoms with Crippen LogP contribution in [0.25, 0.3) is 11.5 Å². The molecule has 0 atom stereocenters. The molecule has 0 saturated carbocycles. The highest BCUT2D eigenvalue weighted by atomic mass is 16.4. The fourth-order valence-corrected chi connectivity index (χ4v) is 1.44. The van der Waals surface area contributed by atoms with E-state index in [1.54, 1.807) is 12.1 Å². The summed E-state index contributed by atoms with van der Waals surface area (Å²) in [5.74, 6) is 1.18. The smallest absolute Gasteiger partial charge is 0.248 e. The number of rotatable bonds is 3. The van der Waals surface area contributed by atoms with Crippen molar-refractivity contribution in [1.82, 2.24) is 15.5 Å². The minimum atomic E-state index is 0.228. The second-order valence-corrected chi connectivity index (χ2v) is 3.48. The monoisotopic (exact) mass is 219 g/mol. The third-order valence-corrected chi connectivity index (χ3v) is 2.33. The Balaban J connectivity index is 2.39. The molecular formula is C11H13N3O2. The maximum Gasteiger partial charge on any atom is 0.248 e. The number of hydrogen-bond acceptors (Lipinski definition) is 5. The van der Waals surface area contributed by atoms with E-state index in [0.29, 0.717) is 18.3 Å². The number of aromatic nitrogens is 2. The average molecular weight is 219 g/mol. The van der Waals surface area contributed by atoms with Gasteiger partial charge >= 0.3 is 0 Å². The van der Waals surface area contributed by atoms with Gasteiger partial charge in [-0.3, -0.25) is 0 Å². The zero-order valence-corrected chi connectivity index (χ0v) is 9.19. The Morgan fingerprint density at radius 1 is 1.38 bits per heavy atom. The highest BCUT2D eigenvalue weighted by Gasteiger charge is 2.11. The van der Waals surface area contributed by atoms with Crippen LogP contribution in [0.15, 0.2) is 22.6 Å². The van der Waals surface area contributed by atoms with Gasteiger partial charge in [0.15, 0.2) is 0 Å². The van der Waals surface area contributed by atoms with Gasteiger partial charge in [-0.2, -0.15) is 0 Å². The van der Waals surface area contributed by atoms with Crippen molar-refractivity contribution in [2.75, 3.05) is 7.05 Å². The largest absolute Gasteiger partial charge is 0.508 e. The van der Waals surface area contributed by atoms with E-state index in [4.69, 9.17) is 4.42 Å². The summed E-state index contributed by atoms with van der Waals surface area (Å²) in [6.07, 6.45) is 0. The fraction of sp³-hybridized carbons (Fsp3) is 0.273. The van der Waals surface area contributed by atoms with Crippen molar-refractivity contribution in [3.63, 3.8) is 0 Å². The SMILES string of the molecule is CNCc1nnc(-c2cccc(O)c2C)o1. The molecule has 5 heteroatoms. The predicted molar refractivity (Wildman–Crippen MR) is 58.9 cm³/mol. The molecule has 0 bridgehead atoms. The maximum atomic E-state index is 9.57. The summed E-state index contributed by atoms with van der Waals surface area (Å²) in [4.78, 5) is 0. The summed E-state index contributed by atoms with van der Waals surface area (Å²) in [5.41, 5.74) is 1.50. The van der Waals surface area contributed by atoms with E-state index in [2.05, 4.69) is 15.5 Å². The third-order valence-electron chi connectivity index (χ3n) is 2.33. The quantitative estimate of drug-likeness (QED) is 0.818. The Labute approximate surface area is 93.1 Å². The fourth-order valence-electron chi connectivity index (χ4n) is 1.44. The van der Waals surface area contributed by atoms with Gasteiger partial charge < -0.3 is 14.8 Å². The molecule has 0 saturated heterocycles. The van der Waals surface area contributed by atoms with Gasteiger partial charge in [0.1, 0.15) is 5.75 Å². The molecule has 16 heavy (non-hydrogen) atoms. The first-order chi connectivity index (χ1) is 7.72. The topological polar surface area (TPSA) is 71.2 Å². The molecule has 0 aliphatic rings. The predicted octanol–water partition coefficient (Wildman–Crippen LogP) is 1.47. The van der Waals surface area contributed by atoms with Crippen LogP contribution in [0, 0.1) is 6.92 Å². The van der Waals surface area contributed by atoms with E-state index in [0.717, 1.165) is 11.1 Å². The van der Waals surface area contributed by atoms with E-state index in [9.17, 15) is 5.11 Å². The normalized spacial score (nSPS) is 10.6. The average Bonchev–Trinajstić information content (AvgIpc) is 2.71. The van der Waals surface area contributed by atoms with Crippen molar-refractivity contribution in [1.29, 1.82) is 0 Å². The van der Waals surface area contributed by atoms with Gasteiger partial charge in [0.05, 0.1) is 6.54 Å². The molecule has 0 amide bonds. The van der Waals surface area contributed by atoms with E-state index in [-0.39, 0.29) is 5.75 Å². The van der Waals surface area contributed by atoms with Crippen LogP contribution in [-0.4, -0.2) is 22.4 Å². The summed E-state index contributed by atoms with van der Waals surface area (Å²) in [6.45, 7) is 2.34. The Kier molecular flexibility index (Phi) is 2.87. The van der Waals surface area contributed by atoms with Gasteiger partial charge in [-0.25, -0.2) is 0 Å². The van der Waals surface area contributed by atoms with Crippen molar-refractivity contribution >= 4 is 0 Å². The first-order valence-corrected chi connectivity index (χ1v) is 4.98. The van der Waals surface area contributed by atoms with Crippen molar-refractivity contribution in [2.45, 2.75) is 13.5 Å². The Morgan fingerprint density at radius 2 is 2.19 bits per heavy atom. The standard InChI is InChI=1S/C11H13N3O2/c1-7-8(4-3-5-9(7)15)11-14-13-10(16-11)6-12-2/h3-5,12,15H,6H2,1-2H3. The lowest BCUT2D eigenvalue weighted by Gasteiger charge is -2.02. The second-order valence-electron chi connectivity index (χ2n) is 3.48. The molecule has 84 valence electrons. The van der Waals surface area contributed by atoms with Crippen LogP contribution < -0.4 is 5.32 Å². The lowest BCUT2D eigenvalue weighted by Crippen LogP contribution is -2.04. The summed E-state index contributed by atoms with van der Waals surface area (Å²) < 4.78 is 5.45. The van der Waals surface area contributed by atoms with Gasteiger partial charge in [0, 0.05) is 11.1 Å². The number of phenolic OH excluding ortho intramolecular Hbond substituents is 1. The molecule has 0 spiro atoms. The van der Waals surface area contributed by atoms with Gasteiger partial charge in [0.25, 0.3) is 0 Å². The van der Waals surface area contributed by atoms with Crippen LogP contribution in [-0.2, 0) is 6.54 Å². The summed E-state index contributed by atoms with van der Waals surface area (Å²) in [5, 5.41) is 20.3. The lowest BCUT2D eigenvalue weighted by molar-refractivity contribution is 0.469. The van der Waals surface area contributed by atoms with Gasteiger partial charge in [0.2, 0.25) is 11.8 Å².